The molecule has 0 radical (unpaired) electrons. The fourth-order valence-electron chi connectivity index (χ4n) is 2.82. The monoisotopic (exact) mass is 541 g/mol. The molecule has 0 bridgehead atoms. The molecule has 0 atom stereocenters. The van der Waals surface area contributed by atoms with E-state index in [0.717, 1.165) is 50.2 Å². The standard InChI is InChI=1S/C19H26F3N5O2.HI/c1-2-23-18(26-13-16(28)27-11-3-4-12-27)25-10-9-24-17(29)14-5-7-15(8-6-14)19(20,21)22;/h5-8H,2-4,9-13H2,1H3,(H,24,29)(H2,23,25,26);1H. The number of nitrogens with one attached hydrogen (secondary N) is 3. The van der Waals surface area contributed by atoms with Crippen LogP contribution in [0.5, 0.6) is 0 Å². The summed E-state index contributed by atoms with van der Waals surface area (Å²) in [6.07, 6.45) is -2.39. The van der Waals surface area contributed by atoms with E-state index in [2.05, 4.69) is 20.9 Å². The van der Waals surface area contributed by atoms with Crippen LogP contribution in [0, 0.1) is 0 Å². The van der Waals surface area contributed by atoms with Gasteiger partial charge in [-0.2, -0.15) is 13.2 Å². The molecule has 1 aliphatic heterocycles. The molecule has 1 fully saturated rings. The van der Waals surface area contributed by atoms with Crippen LogP contribution in [-0.2, 0) is 11.0 Å². The van der Waals surface area contributed by atoms with E-state index >= 15 is 0 Å². The summed E-state index contributed by atoms with van der Waals surface area (Å²) in [5.74, 6) is -0.0224. The van der Waals surface area contributed by atoms with Gasteiger partial charge < -0.3 is 20.9 Å². The number of alkyl halides is 3. The highest BCUT2D eigenvalue weighted by Gasteiger charge is 2.30. The smallest absolute Gasteiger partial charge is 0.357 e. The normalized spacial score (nSPS) is 14.1. The maximum absolute atomic E-state index is 12.6. The maximum atomic E-state index is 12.6. The molecule has 1 aromatic rings. The number of hydrogen-bond acceptors (Lipinski definition) is 3. The molecule has 168 valence electrons. The van der Waals surface area contributed by atoms with E-state index in [1.807, 2.05) is 6.92 Å². The molecule has 11 heteroatoms. The van der Waals surface area contributed by atoms with Gasteiger partial charge in [0.05, 0.1) is 5.56 Å². The zero-order valence-corrected chi connectivity index (χ0v) is 19.0. The molecule has 0 aliphatic carbocycles. The fraction of sp³-hybridized carbons (Fsp3) is 0.526. The Balaban J connectivity index is 0.00000450. The van der Waals surface area contributed by atoms with Crippen molar-refractivity contribution in [3.63, 3.8) is 0 Å². The lowest BCUT2D eigenvalue weighted by atomic mass is 10.1. The first kappa shape index (κ1) is 26.0. The molecule has 1 saturated heterocycles. The van der Waals surface area contributed by atoms with E-state index in [0.29, 0.717) is 19.0 Å². The number of carbonyl (C=O) groups excluding carboxylic acids is 2. The number of benzene rings is 1. The van der Waals surface area contributed by atoms with Crippen molar-refractivity contribution in [3.05, 3.63) is 35.4 Å². The van der Waals surface area contributed by atoms with Gasteiger partial charge >= 0.3 is 6.18 Å². The number of rotatable bonds is 7. The Hall–Kier alpha value is -2.05. The van der Waals surface area contributed by atoms with E-state index in [4.69, 9.17) is 0 Å². The van der Waals surface area contributed by atoms with Gasteiger partial charge in [-0.3, -0.25) is 9.59 Å². The fourth-order valence-corrected chi connectivity index (χ4v) is 2.82. The predicted octanol–water partition coefficient (Wildman–Crippen LogP) is 2.23. The third-order valence-electron chi connectivity index (χ3n) is 4.35. The van der Waals surface area contributed by atoms with E-state index in [1.54, 1.807) is 4.90 Å². The molecule has 2 rings (SSSR count). The van der Waals surface area contributed by atoms with Crippen LogP contribution in [0.1, 0.15) is 35.7 Å². The van der Waals surface area contributed by atoms with Crippen LogP contribution in [0.2, 0.25) is 0 Å². The summed E-state index contributed by atoms with van der Waals surface area (Å²) in [5, 5.41) is 8.65. The second-order valence-electron chi connectivity index (χ2n) is 6.54. The molecular weight excluding hydrogens is 514 g/mol. The summed E-state index contributed by atoms with van der Waals surface area (Å²) in [4.78, 5) is 30.1. The van der Waals surface area contributed by atoms with Gasteiger partial charge in [0.25, 0.3) is 5.91 Å². The molecule has 1 aliphatic rings. The average Bonchev–Trinajstić information content (AvgIpc) is 3.23. The van der Waals surface area contributed by atoms with Gasteiger partial charge in [-0.05, 0) is 44.0 Å². The van der Waals surface area contributed by atoms with Crippen molar-refractivity contribution >= 4 is 41.8 Å². The Bertz CT molecular complexity index is 720. The zero-order chi connectivity index (χ0) is 21.3. The van der Waals surface area contributed by atoms with Crippen LogP contribution >= 0.6 is 24.0 Å². The number of carbonyl (C=O) groups is 2. The first-order valence-electron chi connectivity index (χ1n) is 9.56. The molecule has 1 heterocycles. The van der Waals surface area contributed by atoms with Crippen molar-refractivity contribution in [1.29, 1.82) is 0 Å². The summed E-state index contributed by atoms with van der Waals surface area (Å²) >= 11 is 0. The predicted molar refractivity (Wildman–Crippen MR) is 119 cm³/mol. The Morgan fingerprint density at radius 2 is 1.63 bits per heavy atom. The van der Waals surface area contributed by atoms with Crippen LogP contribution in [-0.4, -0.2) is 61.9 Å². The van der Waals surface area contributed by atoms with Crippen molar-refractivity contribution in [2.75, 3.05) is 39.3 Å². The van der Waals surface area contributed by atoms with Crippen molar-refractivity contribution in [3.8, 4) is 0 Å². The number of halogens is 4. The van der Waals surface area contributed by atoms with Gasteiger partial charge in [0.2, 0.25) is 5.91 Å². The first-order valence-corrected chi connectivity index (χ1v) is 9.56. The van der Waals surface area contributed by atoms with Crippen molar-refractivity contribution in [2.45, 2.75) is 25.9 Å². The third-order valence-corrected chi connectivity index (χ3v) is 4.35. The highest BCUT2D eigenvalue weighted by atomic mass is 127. The molecule has 3 N–H and O–H groups in total. The summed E-state index contributed by atoms with van der Waals surface area (Å²) in [6, 6.07) is 4.03. The van der Waals surface area contributed by atoms with Crippen molar-refractivity contribution in [1.82, 2.24) is 20.9 Å². The molecule has 0 unspecified atom stereocenters. The van der Waals surface area contributed by atoms with Crippen LogP contribution in [0.15, 0.2) is 29.3 Å². The van der Waals surface area contributed by atoms with Gasteiger partial charge in [-0.25, -0.2) is 4.99 Å². The lowest BCUT2D eigenvalue weighted by molar-refractivity contribution is -0.137. The Kier molecular flexibility index (Phi) is 10.9. The van der Waals surface area contributed by atoms with Crippen LogP contribution in [0.25, 0.3) is 0 Å². The van der Waals surface area contributed by atoms with E-state index < -0.39 is 17.6 Å². The van der Waals surface area contributed by atoms with E-state index in [9.17, 15) is 22.8 Å². The number of amides is 2. The number of nitrogens with zero attached hydrogens (tertiary/aromatic N) is 2. The Morgan fingerprint density at radius 1 is 1.03 bits per heavy atom. The summed E-state index contributed by atoms with van der Waals surface area (Å²) in [6.45, 7) is 4.68. The SMILES string of the molecule is CCNC(=NCC(=O)N1CCCC1)NCCNC(=O)c1ccc(C(F)(F)F)cc1.I. The quantitative estimate of drug-likeness (QED) is 0.214. The molecule has 7 nitrogen and oxygen atoms in total. The molecular formula is C19H27F3IN5O2. The minimum Gasteiger partial charge on any atom is -0.357 e. The van der Waals surface area contributed by atoms with Gasteiger partial charge in [0.15, 0.2) is 5.96 Å². The van der Waals surface area contributed by atoms with Crippen LogP contribution in [0.4, 0.5) is 13.2 Å². The Labute approximate surface area is 190 Å². The topological polar surface area (TPSA) is 85.8 Å². The van der Waals surface area contributed by atoms with E-state index in [-0.39, 0.29) is 48.5 Å². The average molecular weight is 541 g/mol. The van der Waals surface area contributed by atoms with Gasteiger partial charge in [0.1, 0.15) is 6.54 Å². The molecule has 0 saturated carbocycles. The number of guanidine groups is 1. The molecule has 0 spiro atoms. The lowest BCUT2D eigenvalue weighted by Crippen LogP contribution is -2.42. The zero-order valence-electron chi connectivity index (χ0n) is 16.7. The van der Waals surface area contributed by atoms with Crippen LogP contribution in [0.3, 0.4) is 0 Å². The molecule has 1 aromatic carbocycles. The minimum absolute atomic E-state index is 0. The number of hydrogen-bond donors (Lipinski definition) is 3. The maximum Gasteiger partial charge on any atom is 0.416 e. The highest BCUT2D eigenvalue weighted by Crippen LogP contribution is 2.29. The Morgan fingerprint density at radius 3 is 2.20 bits per heavy atom. The second kappa shape index (κ2) is 12.6. The van der Waals surface area contributed by atoms with Crippen molar-refractivity contribution in [2.24, 2.45) is 4.99 Å². The first-order chi connectivity index (χ1) is 13.8. The number of likely N-dealkylation sites (tertiary alicyclic amines) is 1. The van der Waals surface area contributed by atoms with Gasteiger partial charge in [-0.15, -0.1) is 24.0 Å². The minimum atomic E-state index is -4.43. The van der Waals surface area contributed by atoms with Crippen LogP contribution < -0.4 is 16.0 Å². The van der Waals surface area contributed by atoms with Crippen molar-refractivity contribution < 1.29 is 22.8 Å². The van der Waals surface area contributed by atoms with Gasteiger partial charge in [0, 0.05) is 38.3 Å². The van der Waals surface area contributed by atoms with Gasteiger partial charge in [-0.1, -0.05) is 0 Å². The highest BCUT2D eigenvalue weighted by molar-refractivity contribution is 14.0. The second-order valence-corrected chi connectivity index (χ2v) is 6.54. The lowest BCUT2D eigenvalue weighted by Gasteiger charge is -2.15. The molecule has 0 aromatic heterocycles. The molecule has 2 amide bonds. The number of aliphatic imine (C=N–C) groups is 1. The summed E-state index contributed by atoms with van der Waals surface area (Å²) < 4.78 is 37.7. The largest absolute Gasteiger partial charge is 0.416 e. The summed E-state index contributed by atoms with van der Waals surface area (Å²) in [7, 11) is 0. The molecule has 30 heavy (non-hydrogen) atoms. The van der Waals surface area contributed by atoms with E-state index in [1.165, 1.54) is 0 Å². The summed E-state index contributed by atoms with van der Waals surface area (Å²) in [5.41, 5.74) is -0.652. The third kappa shape index (κ3) is 8.36.